The van der Waals surface area contributed by atoms with Gasteiger partial charge in [-0.15, -0.1) is 6.58 Å². The summed E-state index contributed by atoms with van der Waals surface area (Å²) in [7, 11) is 0. The largest absolute Gasteiger partial charge is 0.383 e. The molecular formula is C32H41ClN4O3. The Labute approximate surface area is 242 Å². The molecule has 1 aliphatic carbocycles. The highest BCUT2D eigenvalue weighted by molar-refractivity contribution is 6.30. The summed E-state index contributed by atoms with van der Waals surface area (Å²) in [6.07, 6.45) is 7.60. The summed E-state index contributed by atoms with van der Waals surface area (Å²) >= 11 is 5.99. The zero-order chi connectivity index (χ0) is 28.1. The SMILES string of the molecule is C=CCN(C(=O)Nc1ccc(Cl)cc1)C1CCN(CC2CN(C(=O)C3CCCC3)CC2(O)c2ccccc2)CC1. The number of hydrogen-bond acceptors (Lipinski definition) is 4. The molecule has 3 fully saturated rings. The molecule has 7 nitrogen and oxygen atoms in total. The summed E-state index contributed by atoms with van der Waals surface area (Å²) in [5.74, 6) is 0.235. The Morgan fingerprint density at radius 2 is 1.73 bits per heavy atom. The zero-order valence-corrected chi connectivity index (χ0v) is 23.9. The molecule has 40 heavy (non-hydrogen) atoms. The van der Waals surface area contributed by atoms with E-state index in [4.69, 9.17) is 11.6 Å². The van der Waals surface area contributed by atoms with Gasteiger partial charge in [-0.1, -0.05) is 60.9 Å². The highest BCUT2D eigenvalue weighted by Crippen LogP contribution is 2.40. The van der Waals surface area contributed by atoms with E-state index in [1.54, 1.807) is 30.3 Å². The van der Waals surface area contributed by atoms with E-state index in [1.807, 2.05) is 40.1 Å². The van der Waals surface area contributed by atoms with E-state index in [2.05, 4.69) is 16.8 Å². The average molecular weight is 565 g/mol. The maximum Gasteiger partial charge on any atom is 0.322 e. The number of amides is 3. The molecule has 0 bridgehead atoms. The number of rotatable bonds is 8. The van der Waals surface area contributed by atoms with E-state index in [9.17, 15) is 14.7 Å². The molecule has 3 aliphatic rings. The van der Waals surface area contributed by atoms with E-state index >= 15 is 0 Å². The van der Waals surface area contributed by atoms with Gasteiger partial charge in [0.1, 0.15) is 5.60 Å². The average Bonchev–Trinajstić information content (AvgIpc) is 3.63. The molecule has 2 unspecified atom stereocenters. The fourth-order valence-electron chi connectivity index (χ4n) is 6.75. The van der Waals surface area contributed by atoms with Crippen molar-refractivity contribution in [2.24, 2.45) is 11.8 Å². The maximum atomic E-state index is 13.3. The second-order valence-corrected chi connectivity index (χ2v) is 12.0. The monoisotopic (exact) mass is 564 g/mol. The minimum atomic E-state index is -1.07. The van der Waals surface area contributed by atoms with Gasteiger partial charge < -0.3 is 25.1 Å². The Kier molecular flexibility index (Phi) is 9.13. The maximum absolute atomic E-state index is 13.3. The smallest absolute Gasteiger partial charge is 0.322 e. The van der Waals surface area contributed by atoms with Crippen LogP contribution in [0.15, 0.2) is 67.3 Å². The molecule has 8 heteroatoms. The second-order valence-electron chi connectivity index (χ2n) is 11.6. The van der Waals surface area contributed by atoms with Crippen molar-refractivity contribution < 1.29 is 14.7 Å². The van der Waals surface area contributed by atoms with Crippen molar-refractivity contribution in [1.82, 2.24) is 14.7 Å². The fourth-order valence-corrected chi connectivity index (χ4v) is 6.88. The first-order chi connectivity index (χ1) is 19.4. The summed E-state index contributed by atoms with van der Waals surface area (Å²) in [6.45, 7) is 7.63. The van der Waals surface area contributed by atoms with Crippen molar-refractivity contribution in [1.29, 1.82) is 0 Å². The van der Waals surface area contributed by atoms with Crippen LogP contribution >= 0.6 is 11.6 Å². The lowest BCUT2D eigenvalue weighted by Crippen LogP contribution is -2.50. The van der Waals surface area contributed by atoms with Gasteiger partial charge in [-0.3, -0.25) is 4.79 Å². The molecule has 1 saturated carbocycles. The Morgan fingerprint density at radius 1 is 1.05 bits per heavy atom. The number of likely N-dealkylation sites (tertiary alicyclic amines) is 2. The number of aliphatic hydroxyl groups is 1. The Morgan fingerprint density at radius 3 is 2.38 bits per heavy atom. The van der Waals surface area contributed by atoms with Gasteiger partial charge in [0.2, 0.25) is 5.91 Å². The number of nitrogens with zero attached hydrogens (tertiary/aromatic N) is 3. The molecule has 0 aromatic heterocycles. The summed E-state index contributed by atoms with van der Waals surface area (Å²) in [6, 6.07) is 16.9. The van der Waals surface area contributed by atoms with E-state index in [0.717, 1.165) is 57.2 Å². The van der Waals surface area contributed by atoms with Crippen LogP contribution in [0.25, 0.3) is 0 Å². The number of urea groups is 1. The molecule has 2 saturated heterocycles. The van der Waals surface area contributed by atoms with E-state index in [1.165, 1.54) is 0 Å². The van der Waals surface area contributed by atoms with Gasteiger partial charge in [0.05, 0.1) is 6.54 Å². The molecule has 2 N–H and O–H groups in total. The predicted octanol–water partition coefficient (Wildman–Crippen LogP) is 5.36. The fraction of sp³-hybridized carbons (Fsp3) is 0.500. The van der Waals surface area contributed by atoms with E-state index in [0.29, 0.717) is 36.9 Å². The quantitative estimate of drug-likeness (QED) is 0.423. The van der Waals surface area contributed by atoms with Crippen molar-refractivity contribution in [3.63, 3.8) is 0 Å². The van der Waals surface area contributed by atoms with E-state index in [-0.39, 0.29) is 29.8 Å². The summed E-state index contributed by atoms with van der Waals surface area (Å²) in [5.41, 5.74) is 0.520. The normalized spacial score (nSPS) is 24.2. The van der Waals surface area contributed by atoms with Crippen LogP contribution in [0.4, 0.5) is 10.5 Å². The van der Waals surface area contributed by atoms with Crippen molar-refractivity contribution in [2.75, 3.05) is 44.6 Å². The summed E-state index contributed by atoms with van der Waals surface area (Å²) in [5, 5.41) is 15.7. The van der Waals surface area contributed by atoms with Crippen LogP contribution in [-0.4, -0.2) is 77.1 Å². The molecule has 5 rings (SSSR count). The third-order valence-electron chi connectivity index (χ3n) is 9.00. The van der Waals surface area contributed by atoms with Gasteiger partial charge in [-0.05, 0) is 55.5 Å². The number of β-amino-alcohol motifs (C(OH)–C–C–N with tert-alkyl or cyclic N) is 1. The standard InChI is InChI=1S/C32H41ClN4O3/c1-2-18-37(31(39)34-28-14-12-27(33)13-15-28)29-16-19-35(20-17-29)21-26-22-36(30(38)24-8-6-7-9-24)23-32(26,40)25-10-4-3-5-11-25/h2-5,10-15,24,26,29,40H,1,6-9,16-23H2,(H,34,39). The topological polar surface area (TPSA) is 76.1 Å². The lowest BCUT2D eigenvalue weighted by molar-refractivity contribution is -0.135. The number of carbonyl (C=O) groups is 2. The Balaban J connectivity index is 1.23. The van der Waals surface area contributed by atoms with Crippen LogP contribution in [0.2, 0.25) is 5.02 Å². The molecule has 2 aromatic carbocycles. The van der Waals surface area contributed by atoms with Gasteiger partial charge in [0, 0.05) is 61.3 Å². The highest BCUT2D eigenvalue weighted by atomic mass is 35.5. The molecule has 0 spiro atoms. The number of nitrogens with one attached hydrogen (secondary N) is 1. The van der Waals surface area contributed by atoms with Gasteiger partial charge >= 0.3 is 6.03 Å². The first-order valence-electron chi connectivity index (χ1n) is 14.6. The lowest BCUT2D eigenvalue weighted by Gasteiger charge is -2.40. The number of halogens is 1. The number of carbonyl (C=O) groups excluding carboxylic acids is 2. The van der Waals surface area contributed by atoms with Crippen LogP contribution in [0.3, 0.4) is 0 Å². The first-order valence-corrected chi connectivity index (χ1v) is 15.0. The van der Waals surface area contributed by atoms with Crippen LogP contribution in [0.1, 0.15) is 44.1 Å². The van der Waals surface area contributed by atoms with Crippen molar-refractivity contribution in [3.05, 3.63) is 77.8 Å². The lowest BCUT2D eigenvalue weighted by atomic mass is 9.83. The molecule has 2 aromatic rings. The number of piperidine rings is 1. The number of benzene rings is 2. The third-order valence-corrected chi connectivity index (χ3v) is 9.25. The minimum Gasteiger partial charge on any atom is -0.383 e. The van der Waals surface area contributed by atoms with Gasteiger partial charge in [0.15, 0.2) is 0 Å². The molecule has 2 atom stereocenters. The van der Waals surface area contributed by atoms with Crippen molar-refractivity contribution in [2.45, 2.75) is 50.2 Å². The van der Waals surface area contributed by atoms with Crippen LogP contribution in [-0.2, 0) is 10.4 Å². The number of hydrogen-bond donors (Lipinski definition) is 2. The number of anilines is 1. The first kappa shape index (κ1) is 28.7. The predicted molar refractivity (Wildman–Crippen MR) is 159 cm³/mol. The van der Waals surface area contributed by atoms with Gasteiger partial charge in [-0.25, -0.2) is 4.79 Å². The minimum absolute atomic E-state index is 0.0747. The molecule has 0 radical (unpaired) electrons. The second kappa shape index (κ2) is 12.8. The molecule has 2 aliphatic heterocycles. The van der Waals surface area contributed by atoms with Crippen LogP contribution in [0, 0.1) is 11.8 Å². The van der Waals surface area contributed by atoms with Gasteiger partial charge in [0.25, 0.3) is 0 Å². The molecule has 214 valence electrons. The summed E-state index contributed by atoms with van der Waals surface area (Å²) < 4.78 is 0. The van der Waals surface area contributed by atoms with Crippen molar-refractivity contribution >= 4 is 29.2 Å². The van der Waals surface area contributed by atoms with E-state index < -0.39 is 5.60 Å². The van der Waals surface area contributed by atoms with Crippen LogP contribution in [0.5, 0.6) is 0 Å². The van der Waals surface area contributed by atoms with Crippen LogP contribution < -0.4 is 5.32 Å². The molecule has 2 heterocycles. The Bertz CT molecular complexity index is 1160. The highest BCUT2D eigenvalue weighted by Gasteiger charge is 2.49. The van der Waals surface area contributed by atoms with Crippen molar-refractivity contribution in [3.8, 4) is 0 Å². The molecular weight excluding hydrogens is 524 g/mol. The summed E-state index contributed by atoms with van der Waals surface area (Å²) in [4.78, 5) is 32.7. The Hall–Kier alpha value is -2.87. The van der Waals surface area contributed by atoms with Gasteiger partial charge in [-0.2, -0.15) is 0 Å². The zero-order valence-electron chi connectivity index (χ0n) is 23.2. The third kappa shape index (κ3) is 6.37. The molecule has 3 amide bonds.